The van der Waals surface area contributed by atoms with Crippen molar-refractivity contribution < 1.29 is 4.79 Å². The van der Waals surface area contributed by atoms with E-state index in [-0.39, 0.29) is 17.5 Å². The molecule has 1 saturated heterocycles. The highest BCUT2D eigenvalue weighted by Crippen LogP contribution is 2.26. The lowest BCUT2D eigenvalue weighted by Crippen LogP contribution is -2.39. The number of carbonyl (C=O) groups is 1. The minimum Gasteiger partial charge on any atom is -0.352 e. The van der Waals surface area contributed by atoms with E-state index >= 15 is 0 Å². The topological polar surface area (TPSA) is 137 Å². The minimum atomic E-state index is -0.282. The summed E-state index contributed by atoms with van der Waals surface area (Å²) in [6, 6.07) is 5.30. The Morgan fingerprint density at radius 3 is 2.73 bits per heavy atom. The number of anilines is 1. The fourth-order valence-corrected chi connectivity index (χ4v) is 4.27. The summed E-state index contributed by atoms with van der Waals surface area (Å²) in [5.74, 6) is 0.177. The van der Waals surface area contributed by atoms with Crippen molar-refractivity contribution in [3.8, 4) is 0 Å². The molecule has 1 aromatic carbocycles. The van der Waals surface area contributed by atoms with Gasteiger partial charge >= 0.3 is 0 Å². The monoisotopic (exact) mass is 487 g/mol. The second-order valence-corrected chi connectivity index (χ2v) is 8.53. The molecule has 13 heteroatoms. The Morgan fingerprint density at radius 2 is 2.00 bits per heavy atom. The molecule has 0 bridgehead atoms. The standard InChI is InChI=1S/C20H19Cl2N9O2/c21-13-2-1-11(7-14(13)22)8-23-20-26-15-10-25-31(17(15)18(32)27-20)12-3-5-30(6-4-12)19(33)16-9-24-29-28-16/h1-2,7,9-10,12H,3-6,8H2,(H,24,28,29)(H2,23,26,27,32). The Hall–Kier alpha value is -3.44. The van der Waals surface area contributed by atoms with Crippen LogP contribution in [0.25, 0.3) is 11.0 Å². The normalized spacial score (nSPS) is 14.7. The van der Waals surface area contributed by atoms with Gasteiger partial charge in [0, 0.05) is 19.6 Å². The van der Waals surface area contributed by atoms with Crippen LogP contribution in [-0.4, -0.2) is 59.1 Å². The number of amides is 1. The minimum absolute atomic E-state index is 0.0122. The first-order chi connectivity index (χ1) is 16.0. The summed E-state index contributed by atoms with van der Waals surface area (Å²) >= 11 is 12.0. The Balaban J connectivity index is 1.29. The molecule has 0 radical (unpaired) electrons. The molecule has 1 fully saturated rings. The lowest BCUT2D eigenvalue weighted by molar-refractivity contribution is 0.0685. The van der Waals surface area contributed by atoms with Crippen molar-refractivity contribution >= 4 is 46.1 Å². The van der Waals surface area contributed by atoms with Gasteiger partial charge in [-0.3, -0.25) is 19.3 Å². The first-order valence-corrected chi connectivity index (χ1v) is 11.1. The van der Waals surface area contributed by atoms with Gasteiger partial charge in [0.15, 0.2) is 11.2 Å². The maximum absolute atomic E-state index is 12.8. The van der Waals surface area contributed by atoms with Crippen molar-refractivity contribution in [2.45, 2.75) is 25.4 Å². The van der Waals surface area contributed by atoms with Crippen LogP contribution >= 0.6 is 23.2 Å². The molecule has 11 nitrogen and oxygen atoms in total. The molecule has 1 amide bonds. The first kappa shape index (κ1) is 21.4. The molecule has 1 aliphatic rings. The van der Waals surface area contributed by atoms with Crippen LogP contribution in [0.4, 0.5) is 5.95 Å². The number of nitrogens with one attached hydrogen (secondary N) is 3. The number of hydrogen-bond acceptors (Lipinski definition) is 7. The van der Waals surface area contributed by atoms with Gasteiger partial charge < -0.3 is 10.2 Å². The summed E-state index contributed by atoms with van der Waals surface area (Å²) in [6.45, 7) is 1.48. The second kappa shape index (κ2) is 8.83. The number of H-pyrrole nitrogens is 2. The smallest absolute Gasteiger partial charge is 0.278 e. The van der Waals surface area contributed by atoms with E-state index in [0.29, 0.717) is 65.2 Å². The summed E-state index contributed by atoms with van der Waals surface area (Å²) in [5.41, 5.74) is 1.82. The van der Waals surface area contributed by atoms with E-state index in [1.165, 1.54) is 6.20 Å². The number of fused-ring (bicyclic) bond motifs is 1. The van der Waals surface area contributed by atoms with E-state index in [0.717, 1.165) is 5.56 Å². The van der Waals surface area contributed by atoms with Gasteiger partial charge in [0.25, 0.3) is 11.5 Å². The largest absolute Gasteiger partial charge is 0.352 e. The van der Waals surface area contributed by atoms with Crippen molar-refractivity contribution in [2.24, 2.45) is 0 Å². The SMILES string of the molecule is O=C(c1cn[nH]n1)N1CCC(n2ncc3nc(NCc4ccc(Cl)c(Cl)c4)[nH]c(=O)c32)CC1. The number of aromatic amines is 2. The predicted molar refractivity (Wildman–Crippen MR) is 122 cm³/mol. The molecule has 0 unspecified atom stereocenters. The number of benzene rings is 1. The van der Waals surface area contributed by atoms with Gasteiger partial charge in [-0.1, -0.05) is 29.3 Å². The van der Waals surface area contributed by atoms with Gasteiger partial charge in [0.05, 0.1) is 28.5 Å². The van der Waals surface area contributed by atoms with Gasteiger partial charge in [-0.15, -0.1) is 0 Å². The van der Waals surface area contributed by atoms with Crippen LogP contribution in [0.15, 0.2) is 35.4 Å². The van der Waals surface area contributed by atoms with Crippen molar-refractivity contribution in [1.82, 2.24) is 40.1 Å². The van der Waals surface area contributed by atoms with Crippen LogP contribution in [0.2, 0.25) is 10.0 Å². The van der Waals surface area contributed by atoms with Gasteiger partial charge in [-0.25, -0.2) is 4.98 Å². The van der Waals surface area contributed by atoms with E-state index in [1.54, 1.807) is 27.9 Å². The summed E-state index contributed by atoms with van der Waals surface area (Å²) < 4.78 is 1.71. The maximum atomic E-state index is 12.8. The van der Waals surface area contributed by atoms with Crippen LogP contribution in [0, 0.1) is 0 Å². The number of halogens is 2. The van der Waals surface area contributed by atoms with E-state index in [1.807, 2.05) is 6.07 Å². The van der Waals surface area contributed by atoms with E-state index in [9.17, 15) is 9.59 Å². The van der Waals surface area contributed by atoms with Gasteiger partial charge in [-0.05, 0) is 30.5 Å². The number of aromatic nitrogens is 7. The summed E-state index contributed by atoms with van der Waals surface area (Å²) in [6.07, 6.45) is 4.32. The zero-order valence-electron chi connectivity index (χ0n) is 17.3. The Bertz CT molecular complexity index is 1360. The van der Waals surface area contributed by atoms with Gasteiger partial charge in [-0.2, -0.15) is 20.5 Å². The highest BCUT2D eigenvalue weighted by atomic mass is 35.5. The Morgan fingerprint density at radius 1 is 1.18 bits per heavy atom. The highest BCUT2D eigenvalue weighted by molar-refractivity contribution is 6.42. The fraction of sp³-hybridized carbons (Fsp3) is 0.300. The Labute approximate surface area is 197 Å². The highest BCUT2D eigenvalue weighted by Gasteiger charge is 2.27. The lowest BCUT2D eigenvalue weighted by Gasteiger charge is -2.31. The molecule has 170 valence electrons. The van der Waals surface area contributed by atoms with Crippen molar-refractivity contribution in [2.75, 3.05) is 18.4 Å². The number of carbonyl (C=O) groups excluding carboxylic acids is 1. The molecular formula is C20H19Cl2N9O2. The molecule has 33 heavy (non-hydrogen) atoms. The van der Waals surface area contributed by atoms with E-state index in [2.05, 4.69) is 35.8 Å². The molecule has 1 aliphatic heterocycles. The zero-order valence-corrected chi connectivity index (χ0v) is 18.8. The van der Waals surface area contributed by atoms with Crippen LogP contribution in [0.1, 0.15) is 34.9 Å². The van der Waals surface area contributed by atoms with Crippen LogP contribution in [0.5, 0.6) is 0 Å². The number of nitrogens with zero attached hydrogens (tertiary/aromatic N) is 6. The lowest BCUT2D eigenvalue weighted by atomic mass is 10.0. The number of likely N-dealkylation sites (tertiary alicyclic amines) is 1. The van der Waals surface area contributed by atoms with Crippen LogP contribution in [0.3, 0.4) is 0 Å². The second-order valence-electron chi connectivity index (χ2n) is 7.72. The van der Waals surface area contributed by atoms with Crippen molar-refractivity contribution in [3.05, 3.63) is 62.2 Å². The van der Waals surface area contributed by atoms with Gasteiger partial charge in [0.2, 0.25) is 5.95 Å². The number of rotatable bonds is 5. The average Bonchev–Trinajstić information content (AvgIpc) is 3.50. The average molecular weight is 488 g/mol. The third kappa shape index (κ3) is 4.29. The summed E-state index contributed by atoms with van der Waals surface area (Å²) in [7, 11) is 0. The van der Waals surface area contributed by atoms with Crippen LogP contribution < -0.4 is 10.9 Å². The Kier molecular flexibility index (Phi) is 5.73. The predicted octanol–water partition coefficient (Wildman–Crippen LogP) is 2.63. The van der Waals surface area contributed by atoms with Crippen molar-refractivity contribution in [3.63, 3.8) is 0 Å². The molecule has 0 spiro atoms. The molecule has 4 aromatic rings. The van der Waals surface area contributed by atoms with Crippen molar-refractivity contribution in [1.29, 1.82) is 0 Å². The quantitative estimate of drug-likeness (QED) is 0.393. The zero-order chi connectivity index (χ0) is 22.9. The molecule has 5 rings (SSSR count). The maximum Gasteiger partial charge on any atom is 0.278 e. The molecule has 0 aliphatic carbocycles. The first-order valence-electron chi connectivity index (χ1n) is 10.3. The molecule has 4 heterocycles. The fourth-order valence-electron chi connectivity index (χ4n) is 3.95. The molecule has 3 aromatic heterocycles. The molecule has 0 atom stereocenters. The van der Waals surface area contributed by atoms with E-state index in [4.69, 9.17) is 23.2 Å². The number of piperidine rings is 1. The van der Waals surface area contributed by atoms with E-state index < -0.39 is 0 Å². The third-order valence-electron chi connectivity index (χ3n) is 5.63. The van der Waals surface area contributed by atoms with Crippen LogP contribution in [-0.2, 0) is 6.54 Å². The molecule has 0 saturated carbocycles. The summed E-state index contributed by atoms with van der Waals surface area (Å²) in [4.78, 5) is 34.3. The number of hydrogen-bond donors (Lipinski definition) is 3. The summed E-state index contributed by atoms with van der Waals surface area (Å²) in [5, 5.41) is 18.4. The van der Waals surface area contributed by atoms with Gasteiger partial charge in [0.1, 0.15) is 5.52 Å². The molecular weight excluding hydrogens is 469 g/mol. The molecule has 3 N–H and O–H groups in total. The third-order valence-corrected chi connectivity index (χ3v) is 6.37.